The number of anilines is 1. The van der Waals surface area contributed by atoms with Gasteiger partial charge in [0, 0.05) is 12.3 Å². The molecule has 0 aliphatic rings. The Morgan fingerprint density at radius 1 is 1.28 bits per heavy atom. The van der Waals surface area contributed by atoms with E-state index >= 15 is 0 Å². The molecule has 3 aromatic rings. The van der Waals surface area contributed by atoms with Gasteiger partial charge in [-0.1, -0.05) is 0 Å². The molecule has 3 rings (SSSR count). The standard InChI is InChI=1S/C13H14N4O/c1-9-3-4-11(18-9)10(2)15-12-6-8-17-13(16-12)5-7-14-17/h3-8,10H,1-2H3,(H,15,16). The van der Waals surface area contributed by atoms with E-state index in [-0.39, 0.29) is 6.04 Å². The second-order valence-electron chi connectivity index (χ2n) is 4.26. The van der Waals surface area contributed by atoms with Crippen molar-refractivity contribution >= 4 is 11.5 Å². The van der Waals surface area contributed by atoms with Crippen LogP contribution in [0.15, 0.2) is 41.1 Å². The van der Waals surface area contributed by atoms with Gasteiger partial charge >= 0.3 is 0 Å². The Morgan fingerprint density at radius 3 is 2.94 bits per heavy atom. The molecular formula is C13H14N4O. The predicted molar refractivity (Wildman–Crippen MR) is 68.5 cm³/mol. The molecule has 0 spiro atoms. The molecule has 3 aromatic heterocycles. The van der Waals surface area contributed by atoms with Gasteiger partial charge in [0.05, 0.1) is 12.2 Å². The summed E-state index contributed by atoms with van der Waals surface area (Å²) in [7, 11) is 0. The molecule has 0 saturated carbocycles. The van der Waals surface area contributed by atoms with Crippen molar-refractivity contribution in [1.29, 1.82) is 0 Å². The van der Waals surface area contributed by atoms with Gasteiger partial charge in [-0.15, -0.1) is 0 Å². The molecule has 0 bridgehead atoms. The van der Waals surface area contributed by atoms with E-state index in [0.29, 0.717) is 0 Å². The Morgan fingerprint density at radius 2 is 2.17 bits per heavy atom. The molecular weight excluding hydrogens is 228 g/mol. The zero-order valence-corrected chi connectivity index (χ0v) is 10.3. The molecule has 0 aromatic carbocycles. The summed E-state index contributed by atoms with van der Waals surface area (Å²) in [6.45, 7) is 3.98. The average molecular weight is 242 g/mol. The van der Waals surface area contributed by atoms with Gasteiger partial charge in [0.25, 0.3) is 0 Å². The highest BCUT2D eigenvalue weighted by molar-refractivity contribution is 5.46. The van der Waals surface area contributed by atoms with Gasteiger partial charge in [-0.3, -0.25) is 0 Å². The van der Waals surface area contributed by atoms with Gasteiger partial charge < -0.3 is 9.73 Å². The number of aromatic nitrogens is 3. The van der Waals surface area contributed by atoms with Crippen molar-refractivity contribution in [2.24, 2.45) is 0 Å². The minimum absolute atomic E-state index is 0.0802. The number of nitrogens with one attached hydrogen (secondary N) is 1. The number of fused-ring (bicyclic) bond motifs is 1. The highest BCUT2D eigenvalue weighted by atomic mass is 16.3. The molecule has 1 N–H and O–H groups in total. The molecule has 0 aliphatic carbocycles. The van der Waals surface area contributed by atoms with Crippen LogP contribution in [0.5, 0.6) is 0 Å². The summed E-state index contributed by atoms with van der Waals surface area (Å²) in [5.41, 5.74) is 0.822. The van der Waals surface area contributed by atoms with E-state index in [9.17, 15) is 0 Å². The van der Waals surface area contributed by atoms with Crippen LogP contribution < -0.4 is 5.32 Å². The van der Waals surface area contributed by atoms with Gasteiger partial charge in [0.1, 0.15) is 17.3 Å². The third-order valence-corrected chi connectivity index (χ3v) is 2.81. The summed E-state index contributed by atoms with van der Waals surface area (Å²) < 4.78 is 7.31. The smallest absolute Gasteiger partial charge is 0.157 e. The number of aryl methyl sites for hydroxylation is 1. The van der Waals surface area contributed by atoms with E-state index in [1.54, 1.807) is 10.7 Å². The van der Waals surface area contributed by atoms with E-state index in [2.05, 4.69) is 15.4 Å². The Balaban J connectivity index is 1.83. The quantitative estimate of drug-likeness (QED) is 0.767. The molecule has 1 atom stereocenters. The van der Waals surface area contributed by atoms with E-state index in [4.69, 9.17) is 4.42 Å². The van der Waals surface area contributed by atoms with Crippen molar-refractivity contribution in [2.75, 3.05) is 5.32 Å². The molecule has 0 aliphatic heterocycles. The Hall–Kier alpha value is -2.30. The number of furan rings is 1. The number of hydrogen-bond acceptors (Lipinski definition) is 4. The molecule has 0 fully saturated rings. The average Bonchev–Trinajstić information content (AvgIpc) is 2.96. The van der Waals surface area contributed by atoms with E-state index in [0.717, 1.165) is 23.0 Å². The minimum Gasteiger partial charge on any atom is -0.464 e. The van der Waals surface area contributed by atoms with Crippen LogP contribution in [0.25, 0.3) is 5.65 Å². The van der Waals surface area contributed by atoms with Gasteiger partial charge in [-0.2, -0.15) is 5.10 Å². The Kier molecular flexibility index (Phi) is 2.51. The van der Waals surface area contributed by atoms with E-state index in [1.807, 2.05) is 44.3 Å². The maximum atomic E-state index is 5.58. The van der Waals surface area contributed by atoms with Crippen LogP contribution in [-0.2, 0) is 0 Å². The van der Waals surface area contributed by atoms with Crippen LogP contribution in [0.2, 0.25) is 0 Å². The second kappa shape index (κ2) is 4.18. The zero-order chi connectivity index (χ0) is 12.5. The summed E-state index contributed by atoms with van der Waals surface area (Å²) in [4.78, 5) is 4.46. The number of hydrogen-bond donors (Lipinski definition) is 1. The molecule has 5 heteroatoms. The first-order valence-electron chi connectivity index (χ1n) is 5.85. The van der Waals surface area contributed by atoms with Crippen LogP contribution >= 0.6 is 0 Å². The summed E-state index contributed by atoms with van der Waals surface area (Å²) in [6.07, 6.45) is 3.61. The Bertz CT molecular complexity index is 670. The summed E-state index contributed by atoms with van der Waals surface area (Å²) in [6, 6.07) is 7.78. The third kappa shape index (κ3) is 1.95. The van der Waals surface area contributed by atoms with Crippen LogP contribution in [0.3, 0.4) is 0 Å². The van der Waals surface area contributed by atoms with Crippen molar-refractivity contribution in [3.63, 3.8) is 0 Å². The van der Waals surface area contributed by atoms with Crippen molar-refractivity contribution < 1.29 is 4.42 Å². The molecule has 0 saturated heterocycles. The SMILES string of the molecule is Cc1ccc(C(C)Nc2ccn3nccc3n2)o1. The lowest BCUT2D eigenvalue weighted by Gasteiger charge is -2.12. The number of rotatable bonds is 3. The first-order chi connectivity index (χ1) is 8.72. The fraction of sp³-hybridized carbons (Fsp3) is 0.231. The molecule has 1 unspecified atom stereocenters. The van der Waals surface area contributed by atoms with Gasteiger partial charge in [0.15, 0.2) is 5.65 Å². The first-order valence-corrected chi connectivity index (χ1v) is 5.85. The molecule has 0 radical (unpaired) electrons. The molecule has 18 heavy (non-hydrogen) atoms. The molecule has 3 heterocycles. The highest BCUT2D eigenvalue weighted by Gasteiger charge is 2.10. The van der Waals surface area contributed by atoms with Crippen molar-refractivity contribution in [3.8, 4) is 0 Å². The monoisotopic (exact) mass is 242 g/mol. The number of nitrogens with zero attached hydrogens (tertiary/aromatic N) is 3. The normalized spacial score (nSPS) is 12.8. The van der Waals surface area contributed by atoms with Crippen LogP contribution in [-0.4, -0.2) is 14.6 Å². The minimum atomic E-state index is 0.0802. The van der Waals surface area contributed by atoms with Gasteiger partial charge in [-0.05, 0) is 32.0 Å². The molecule has 5 nitrogen and oxygen atoms in total. The molecule has 92 valence electrons. The first kappa shape index (κ1) is 10.8. The fourth-order valence-electron chi connectivity index (χ4n) is 1.87. The third-order valence-electron chi connectivity index (χ3n) is 2.81. The maximum absolute atomic E-state index is 5.58. The van der Waals surface area contributed by atoms with Crippen molar-refractivity contribution in [2.45, 2.75) is 19.9 Å². The predicted octanol–water partition coefficient (Wildman–Crippen LogP) is 2.80. The van der Waals surface area contributed by atoms with Crippen molar-refractivity contribution in [1.82, 2.24) is 14.6 Å². The summed E-state index contributed by atoms with van der Waals surface area (Å²) in [5, 5.41) is 7.42. The lowest BCUT2D eigenvalue weighted by Crippen LogP contribution is -2.07. The maximum Gasteiger partial charge on any atom is 0.157 e. The summed E-state index contributed by atoms with van der Waals surface area (Å²) >= 11 is 0. The fourth-order valence-corrected chi connectivity index (χ4v) is 1.87. The molecule has 0 amide bonds. The second-order valence-corrected chi connectivity index (χ2v) is 4.26. The lowest BCUT2D eigenvalue weighted by atomic mass is 10.2. The van der Waals surface area contributed by atoms with Crippen LogP contribution in [0.4, 0.5) is 5.82 Å². The van der Waals surface area contributed by atoms with Crippen molar-refractivity contribution in [3.05, 3.63) is 48.2 Å². The lowest BCUT2D eigenvalue weighted by molar-refractivity contribution is 0.466. The van der Waals surface area contributed by atoms with E-state index < -0.39 is 0 Å². The van der Waals surface area contributed by atoms with Gasteiger partial charge in [-0.25, -0.2) is 9.50 Å². The Labute approximate surface area is 104 Å². The van der Waals surface area contributed by atoms with Crippen LogP contribution in [0.1, 0.15) is 24.5 Å². The van der Waals surface area contributed by atoms with Crippen LogP contribution in [0, 0.1) is 6.92 Å². The zero-order valence-electron chi connectivity index (χ0n) is 10.3. The largest absolute Gasteiger partial charge is 0.464 e. The summed E-state index contributed by atoms with van der Waals surface area (Å²) in [5.74, 6) is 2.63. The topological polar surface area (TPSA) is 55.4 Å². The van der Waals surface area contributed by atoms with Gasteiger partial charge in [0.2, 0.25) is 0 Å². The van der Waals surface area contributed by atoms with E-state index in [1.165, 1.54) is 0 Å². The highest BCUT2D eigenvalue weighted by Crippen LogP contribution is 2.20.